The molecular weight excluding hydrogens is 172 g/mol. The van der Waals surface area contributed by atoms with Crippen molar-refractivity contribution in [2.24, 2.45) is 0 Å². The van der Waals surface area contributed by atoms with Crippen molar-refractivity contribution in [1.29, 1.82) is 0 Å². The molecule has 2 rings (SSSR count). The molecule has 0 spiro atoms. The normalized spacial score (nSPS) is 15.5. The zero-order valence-electron chi connectivity index (χ0n) is 6.87. The maximum absolute atomic E-state index is 11.3. The van der Waals surface area contributed by atoms with E-state index in [4.69, 9.17) is 9.52 Å². The van der Waals surface area contributed by atoms with Crippen LogP contribution in [0, 0.1) is 0 Å². The minimum Gasteiger partial charge on any atom is -0.475 e. The lowest BCUT2D eigenvalue weighted by atomic mass is 9.97. The number of furan rings is 1. The van der Waals surface area contributed by atoms with E-state index in [0.717, 1.165) is 6.42 Å². The smallest absolute Gasteiger partial charge is 0.371 e. The van der Waals surface area contributed by atoms with Crippen LogP contribution in [0.15, 0.2) is 10.5 Å². The highest BCUT2D eigenvalue weighted by molar-refractivity contribution is 6.00. The van der Waals surface area contributed by atoms with Gasteiger partial charge in [-0.3, -0.25) is 4.79 Å². The molecule has 0 aliphatic heterocycles. The predicted octanol–water partition coefficient (Wildman–Crippen LogP) is 1.50. The van der Waals surface area contributed by atoms with Gasteiger partial charge >= 0.3 is 5.97 Å². The summed E-state index contributed by atoms with van der Waals surface area (Å²) in [6.07, 6.45) is 1.90. The third-order valence-corrected chi connectivity index (χ3v) is 2.13. The first kappa shape index (κ1) is 8.04. The Morgan fingerprint density at radius 3 is 2.85 bits per heavy atom. The minimum atomic E-state index is -1.12. The lowest BCUT2D eigenvalue weighted by molar-refractivity contribution is 0.0659. The summed E-state index contributed by atoms with van der Waals surface area (Å²) in [5.41, 5.74) is 0.448. The zero-order valence-corrected chi connectivity index (χ0v) is 6.87. The van der Waals surface area contributed by atoms with E-state index in [1.54, 1.807) is 0 Å². The monoisotopic (exact) mass is 180 g/mol. The number of hydrogen-bond acceptors (Lipinski definition) is 3. The molecule has 1 aliphatic carbocycles. The van der Waals surface area contributed by atoms with Gasteiger partial charge < -0.3 is 9.52 Å². The number of carboxylic acid groups (broad SMARTS) is 1. The molecule has 0 atom stereocenters. The quantitative estimate of drug-likeness (QED) is 0.711. The van der Waals surface area contributed by atoms with Crippen molar-refractivity contribution in [3.63, 3.8) is 0 Å². The van der Waals surface area contributed by atoms with E-state index in [2.05, 4.69) is 0 Å². The van der Waals surface area contributed by atoms with Crippen molar-refractivity contribution in [3.05, 3.63) is 23.2 Å². The molecule has 13 heavy (non-hydrogen) atoms. The summed E-state index contributed by atoms with van der Waals surface area (Å²) in [5, 5.41) is 8.62. The van der Waals surface area contributed by atoms with Crippen molar-refractivity contribution in [2.45, 2.75) is 19.3 Å². The van der Waals surface area contributed by atoms with Crippen LogP contribution in [-0.2, 0) is 6.42 Å². The molecular formula is C9H8O4. The van der Waals surface area contributed by atoms with Gasteiger partial charge in [0, 0.05) is 18.9 Å². The number of aryl methyl sites for hydroxylation is 1. The highest BCUT2D eigenvalue weighted by Gasteiger charge is 2.23. The summed E-state index contributed by atoms with van der Waals surface area (Å²) in [6, 6.07) is 1.32. The Labute approximate surface area is 74.2 Å². The van der Waals surface area contributed by atoms with Crippen molar-refractivity contribution in [2.75, 3.05) is 0 Å². The molecule has 4 heteroatoms. The minimum absolute atomic E-state index is 0.0162. The van der Waals surface area contributed by atoms with Crippen LogP contribution < -0.4 is 0 Å². The van der Waals surface area contributed by atoms with Crippen LogP contribution in [0.3, 0.4) is 0 Å². The summed E-state index contributed by atoms with van der Waals surface area (Å²) in [4.78, 5) is 21.8. The molecule has 68 valence electrons. The van der Waals surface area contributed by atoms with Gasteiger partial charge in [0.25, 0.3) is 0 Å². The molecule has 1 heterocycles. The predicted molar refractivity (Wildman–Crippen MR) is 42.9 cm³/mol. The van der Waals surface area contributed by atoms with Crippen LogP contribution in [0.4, 0.5) is 0 Å². The number of rotatable bonds is 1. The standard InChI is InChI=1S/C9H8O4/c10-6-2-1-3-7-5(6)4-8(13-7)9(11)12/h4H,1-3H2,(H,11,12). The molecule has 0 radical (unpaired) electrons. The van der Waals surface area contributed by atoms with E-state index in [1.165, 1.54) is 6.07 Å². The number of fused-ring (bicyclic) bond motifs is 1. The number of carbonyl (C=O) groups is 2. The van der Waals surface area contributed by atoms with Gasteiger partial charge in [0.1, 0.15) is 5.76 Å². The number of carboxylic acids is 1. The van der Waals surface area contributed by atoms with Crippen LogP contribution >= 0.6 is 0 Å². The Bertz CT molecular complexity index is 375. The van der Waals surface area contributed by atoms with E-state index < -0.39 is 5.97 Å². The Hall–Kier alpha value is -1.58. The van der Waals surface area contributed by atoms with Gasteiger partial charge in [-0.2, -0.15) is 0 Å². The third-order valence-electron chi connectivity index (χ3n) is 2.13. The van der Waals surface area contributed by atoms with Crippen molar-refractivity contribution in [1.82, 2.24) is 0 Å². The second-order valence-corrected chi connectivity index (χ2v) is 3.03. The van der Waals surface area contributed by atoms with E-state index in [1.807, 2.05) is 0 Å². The second kappa shape index (κ2) is 2.73. The molecule has 0 unspecified atom stereocenters. The number of Topliss-reactive ketones (excluding diaryl/α,β-unsaturated/α-hetero) is 1. The second-order valence-electron chi connectivity index (χ2n) is 3.03. The Balaban J connectivity index is 2.48. The van der Waals surface area contributed by atoms with Crippen molar-refractivity contribution in [3.8, 4) is 0 Å². The molecule has 1 aromatic rings. The van der Waals surface area contributed by atoms with Crippen molar-refractivity contribution < 1.29 is 19.1 Å². The SMILES string of the molecule is O=C(O)c1cc2c(o1)CCCC2=O. The first-order valence-corrected chi connectivity index (χ1v) is 4.07. The highest BCUT2D eigenvalue weighted by Crippen LogP contribution is 2.24. The summed E-state index contributed by atoms with van der Waals surface area (Å²) in [6.45, 7) is 0. The summed E-state index contributed by atoms with van der Waals surface area (Å²) >= 11 is 0. The van der Waals surface area contributed by atoms with Gasteiger partial charge in [0.15, 0.2) is 5.78 Å². The molecule has 4 nitrogen and oxygen atoms in total. The van der Waals surface area contributed by atoms with E-state index >= 15 is 0 Å². The van der Waals surface area contributed by atoms with Gasteiger partial charge in [-0.15, -0.1) is 0 Å². The van der Waals surface area contributed by atoms with Crippen LogP contribution in [0.1, 0.15) is 39.5 Å². The van der Waals surface area contributed by atoms with E-state index in [-0.39, 0.29) is 11.5 Å². The summed E-state index contributed by atoms with van der Waals surface area (Å²) in [7, 11) is 0. The molecule has 0 aromatic carbocycles. The van der Waals surface area contributed by atoms with Crippen LogP contribution in [0.25, 0.3) is 0 Å². The largest absolute Gasteiger partial charge is 0.475 e. The molecule has 1 aliphatic rings. The zero-order chi connectivity index (χ0) is 9.42. The van der Waals surface area contributed by atoms with Crippen LogP contribution in [-0.4, -0.2) is 16.9 Å². The van der Waals surface area contributed by atoms with Gasteiger partial charge in [0.05, 0.1) is 5.56 Å². The molecule has 1 aromatic heterocycles. The number of aromatic carboxylic acids is 1. The highest BCUT2D eigenvalue weighted by atomic mass is 16.4. The van der Waals surface area contributed by atoms with Gasteiger partial charge in [-0.25, -0.2) is 4.79 Å². The first-order chi connectivity index (χ1) is 6.18. The average Bonchev–Trinajstić information content (AvgIpc) is 2.49. The van der Waals surface area contributed by atoms with Crippen molar-refractivity contribution >= 4 is 11.8 Å². The third kappa shape index (κ3) is 1.24. The molecule has 0 bridgehead atoms. The molecule has 0 fully saturated rings. The van der Waals surface area contributed by atoms with E-state index in [9.17, 15) is 9.59 Å². The first-order valence-electron chi connectivity index (χ1n) is 4.07. The lowest BCUT2D eigenvalue weighted by Crippen LogP contribution is -2.07. The summed E-state index contributed by atoms with van der Waals surface area (Å²) in [5.74, 6) is -0.756. The number of ketones is 1. The topological polar surface area (TPSA) is 67.5 Å². The molecule has 1 N–H and O–H groups in total. The maximum Gasteiger partial charge on any atom is 0.371 e. The Morgan fingerprint density at radius 2 is 2.23 bits per heavy atom. The number of hydrogen-bond donors (Lipinski definition) is 1. The average molecular weight is 180 g/mol. The number of carbonyl (C=O) groups excluding carboxylic acids is 1. The van der Waals surface area contributed by atoms with Crippen LogP contribution in [0.2, 0.25) is 0 Å². The Kier molecular flexibility index (Phi) is 1.69. The molecule has 0 saturated heterocycles. The molecule has 0 amide bonds. The fourth-order valence-corrected chi connectivity index (χ4v) is 1.50. The summed E-state index contributed by atoms with van der Waals surface area (Å²) < 4.78 is 5.02. The van der Waals surface area contributed by atoms with E-state index in [0.29, 0.717) is 24.2 Å². The maximum atomic E-state index is 11.3. The fraction of sp³-hybridized carbons (Fsp3) is 0.333. The van der Waals surface area contributed by atoms with Gasteiger partial charge in [-0.05, 0) is 6.42 Å². The van der Waals surface area contributed by atoms with Crippen LogP contribution in [0.5, 0.6) is 0 Å². The lowest BCUT2D eigenvalue weighted by Gasteiger charge is -2.06. The van der Waals surface area contributed by atoms with Gasteiger partial charge in [0.2, 0.25) is 5.76 Å². The Morgan fingerprint density at radius 1 is 1.46 bits per heavy atom. The fourth-order valence-electron chi connectivity index (χ4n) is 1.50. The van der Waals surface area contributed by atoms with Gasteiger partial charge in [-0.1, -0.05) is 0 Å². The molecule has 0 saturated carbocycles.